The topological polar surface area (TPSA) is 60.5 Å². The summed E-state index contributed by atoms with van der Waals surface area (Å²) in [5.74, 6) is 0. The van der Waals surface area contributed by atoms with Crippen molar-refractivity contribution in [1.82, 2.24) is 4.98 Å². The summed E-state index contributed by atoms with van der Waals surface area (Å²) in [6, 6.07) is 4.44. The third-order valence-electron chi connectivity index (χ3n) is 1.64. The zero-order valence-corrected chi connectivity index (χ0v) is 7.04. The van der Waals surface area contributed by atoms with Gasteiger partial charge >= 0.3 is 0 Å². The molecule has 1 aromatic rings. The van der Waals surface area contributed by atoms with Gasteiger partial charge in [0, 0.05) is 11.8 Å². The van der Waals surface area contributed by atoms with Crippen molar-refractivity contribution in [3.8, 4) is 12.1 Å². The first-order valence-electron chi connectivity index (χ1n) is 3.73. The van der Waals surface area contributed by atoms with Gasteiger partial charge in [-0.1, -0.05) is 0 Å². The average Bonchev–Trinajstić information content (AvgIpc) is 2.18. The zero-order chi connectivity index (χ0) is 10.6. The van der Waals surface area contributed by atoms with E-state index < -0.39 is 6.43 Å². The molecule has 0 fully saturated rings. The second kappa shape index (κ2) is 4.29. The largest absolute Gasteiger partial charge is 0.264 e. The van der Waals surface area contributed by atoms with Crippen LogP contribution in [0.25, 0.3) is 0 Å². The molecule has 0 saturated heterocycles. The van der Waals surface area contributed by atoms with Crippen LogP contribution in [-0.4, -0.2) is 4.98 Å². The maximum atomic E-state index is 12.4. The van der Waals surface area contributed by atoms with Crippen molar-refractivity contribution in [1.29, 1.82) is 10.5 Å². The van der Waals surface area contributed by atoms with Crippen LogP contribution in [0.2, 0.25) is 0 Å². The van der Waals surface area contributed by atoms with Crippen LogP contribution in [0.3, 0.4) is 0 Å². The Kier molecular flexibility index (Phi) is 3.09. The number of alkyl halides is 2. The molecule has 0 amide bonds. The highest BCUT2D eigenvalue weighted by molar-refractivity contribution is 5.34. The lowest BCUT2D eigenvalue weighted by Crippen LogP contribution is -1.97. The van der Waals surface area contributed by atoms with E-state index in [4.69, 9.17) is 10.5 Å². The smallest absolute Gasteiger partial charge is 0.245 e. The minimum Gasteiger partial charge on any atom is -0.245 e. The Morgan fingerprint density at radius 3 is 2.64 bits per heavy atom. The Balaban J connectivity index is 3.20. The molecule has 0 aromatic carbocycles. The molecule has 0 bridgehead atoms. The number of aromatic nitrogens is 1. The lowest BCUT2D eigenvalue weighted by molar-refractivity contribution is 0.150. The van der Waals surface area contributed by atoms with Gasteiger partial charge in [-0.15, -0.1) is 0 Å². The number of nitriles is 2. The second-order valence-corrected chi connectivity index (χ2v) is 2.52. The van der Waals surface area contributed by atoms with E-state index in [1.165, 1.54) is 0 Å². The van der Waals surface area contributed by atoms with Crippen molar-refractivity contribution in [2.24, 2.45) is 0 Å². The van der Waals surface area contributed by atoms with E-state index in [9.17, 15) is 8.78 Å². The van der Waals surface area contributed by atoms with Crippen LogP contribution in [0, 0.1) is 22.7 Å². The quantitative estimate of drug-likeness (QED) is 0.721. The molecule has 0 unspecified atom stereocenters. The third-order valence-corrected chi connectivity index (χ3v) is 1.64. The molecule has 14 heavy (non-hydrogen) atoms. The summed E-state index contributed by atoms with van der Waals surface area (Å²) in [5.41, 5.74) is -0.193. The van der Waals surface area contributed by atoms with Gasteiger partial charge in [0.05, 0.1) is 12.5 Å². The van der Waals surface area contributed by atoms with Gasteiger partial charge in [0.15, 0.2) is 0 Å². The normalized spacial score (nSPS) is 9.50. The summed E-state index contributed by atoms with van der Waals surface area (Å²) in [4.78, 5) is 3.61. The molecule has 1 aromatic heterocycles. The number of halogens is 2. The van der Waals surface area contributed by atoms with Crippen LogP contribution in [0.5, 0.6) is 0 Å². The maximum absolute atomic E-state index is 12.4. The van der Waals surface area contributed by atoms with Crippen LogP contribution in [0.15, 0.2) is 12.3 Å². The summed E-state index contributed by atoms with van der Waals surface area (Å²) >= 11 is 0. The van der Waals surface area contributed by atoms with Crippen LogP contribution < -0.4 is 0 Å². The molecule has 5 heteroatoms. The van der Waals surface area contributed by atoms with Gasteiger partial charge in [0.1, 0.15) is 11.8 Å². The first-order valence-corrected chi connectivity index (χ1v) is 3.73. The van der Waals surface area contributed by atoms with Gasteiger partial charge in [-0.3, -0.25) is 0 Å². The Morgan fingerprint density at radius 2 is 2.14 bits per heavy atom. The highest BCUT2D eigenvalue weighted by Crippen LogP contribution is 2.23. The van der Waals surface area contributed by atoms with Gasteiger partial charge in [-0.2, -0.15) is 10.5 Å². The van der Waals surface area contributed by atoms with Gasteiger partial charge < -0.3 is 0 Å². The molecule has 0 radical (unpaired) electrons. The Hall–Kier alpha value is -2.01. The van der Waals surface area contributed by atoms with Crippen molar-refractivity contribution < 1.29 is 8.78 Å². The Morgan fingerprint density at radius 1 is 1.43 bits per heavy atom. The summed E-state index contributed by atoms with van der Waals surface area (Å²) in [6.07, 6.45) is -1.67. The second-order valence-electron chi connectivity index (χ2n) is 2.52. The lowest BCUT2D eigenvalue weighted by atomic mass is 10.1. The first kappa shape index (κ1) is 10.1. The molecule has 0 N–H and O–H groups in total. The molecule has 0 spiro atoms. The Labute approximate surface area is 79.2 Å². The van der Waals surface area contributed by atoms with Crippen molar-refractivity contribution in [2.75, 3.05) is 0 Å². The Bertz CT molecular complexity index is 415. The molecular formula is C9H5F2N3. The van der Waals surface area contributed by atoms with E-state index in [1.54, 1.807) is 12.1 Å². The molecule has 0 atom stereocenters. The van der Waals surface area contributed by atoms with Crippen molar-refractivity contribution >= 4 is 0 Å². The third kappa shape index (κ3) is 2.02. The summed E-state index contributed by atoms with van der Waals surface area (Å²) in [6.45, 7) is 0. The van der Waals surface area contributed by atoms with Crippen LogP contribution in [0.4, 0.5) is 8.78 Å². The van der Waals surface area contributed by atoms with E-state index >= 15 is 0 Å². The molecule has 0 aliphatic heterocycles. The van der Waals surface area contributed by atoms with Gasteiger partial charge in [-0.25, -0.2) is 13.8 Å². The minimum absolute atomic E-state index is 0.0676. The molecule has 3 nitrogen and oxygen atoms in total. The van der Waals surface area contributed by atoms with Crippen LogP contribution >= 0.6 is 0 Å². The van der Waals surface area contributed by atoms with Gasteiger partial charge in [-0.05, 0) is 11.6 Å². The molecule has 1 heterocycles. The fourth-order valence-electron chi connectivity index (χ4n) is 0.996. The molecule has 70 valence electrons. The molecule has 0 saturated carbocycles. The summed E-state index contributed by atoms with van der Waals surface area (Å²) < 4.78 is 24.8. The van der Waals surface area contributed by atoms with Gasteiger partial charge in [0.2, 0.25) is 0 Å². The van der Waals surface area contributed by atoms with Crippen LogP contribution in [-0.2, 0) is 6.42 Å². The highest BCUT2D eigenvalue weighted by atomic mass is 19.3. The summed E-state index contributed by atoms with van der Waals surface area (Å²) in [7, 11) is 0. The van der Waals surface area contributed by atoms with E-state index in [2.05, 4.69) is 4.98 Å². The van der Waals surface area contributed by atoms with E-state index in [0.29, 0.717) is 0 Å². The van der Waals surface area contributed by atoms with Crippen molar-refractivity contribution in [3.63, 3.8) is 0 Å². The van der Waals surface area contributed by atoms with Gasteiger partial charge in [0.25, 0.3) is 6.43 Å². The average molecular weight is 193 g/mol. The fourth-order valence-corrected chi connectivity index (χ4v) is 0.996. The highest BCUT2D eigenvalue weighted by Gasteiger charge is 2.14. The first-order chi connectivity index (χ1) is 6.69. The summed E-state index contributed by atoms with van der Waals surface area (Å²) in [5, 5.41) is 16.8. The van der Waals surface area contributed by atoms with E-state index in [-0.39, 0.29) is 23.2 Å². The maximum Gasteiger partial charge on any atom is 0.264 e. The van der Waals surface area contributed by atoms with E-state index in [0.717, 1.165) is 12.3 Å². The monoisotopic (exact) mass is 193 g/mol. The number of pyridine rings is 1. The molecule has 1 rings (SSSR count). The predicted molar refractivity (Wildman–Crippen MR) is 43.2 cm³/mol. The fraction of sp³-hybridized carbons (Fsp3) is 0.222. The number of hydrogen-bond donors (Lipinski definition) is 0. The molecular weight excluding hydrogens is 188 g/mol. The predicted octanol–water partition coefficient (Wildman–Crippen LogP) is 1.96. The number of rotatable bonds is 2. The zero-order valence-electron chi connectivity index (χ0n) is 7.04. The van der Waals surface area contributed by atoms with Crippen LogP contribution in [0.1, 0.15) is 23.2 Å². The lowest BCUT2D eigenvalue weighted by Gasteiger charge is -2.04. The molecule has 0 aliphatic carbocycles. The van der Waals surface area contributed by atoms with E-state index in [1.807, 2.05) is 0 Å². The van der Waals surface area contributed by atoms with Crippen molar-refractivity contribution in [2.45, 2.75) is 12.8 Å². The molecule has 0 aliphatic rings. The minimum atomic E-state index is -2.69. The number of hydrogen-bond acceptors (Lipinski definition) is 3. The standard InChI is InChI=1S/C9H5F2N3/c10-9(11)8-3-7(4-13)14-5-6(8)1-2-12/h3,5,9H,1H2. The number of nitrogens with zero attached hydrogens (tertiary/aromatic N) is 3. The van der Waals surface area contributed by atoms with Crippen molar-refractivity contribution in [3.05, 3.63) is 29.1 Å². The SMILES string of the molecule is N#CCc1cnc(C#N)cc1C(F)F.